The average molecular weight is 321 g/mol. The van der Waals surface area contributed by atoms with E-state index in [-0.39, 0.29) is 6.10 Å². The van der Waals surface area contributed by atoms with Crippen LogP contribution in [-0.2, 0) is 0 Å². The molecule has 1 aromatic carbocycles. The van der Waals surface area contributed by atoms with Gasteiger partial charge in [0.05, 0.1) is 11.8 Å². The Morgan fingerprint density at radius 2 is 1.71 bits per heavy atom. The molecule has 6 heteroatoms. The maximum absolute atomic E-state index is 9.64. The minimum atomic E-state index is -0.183. The molecule has 1 aliphatic heterocycles. The molecule has 2 aromatic heterocycles. The molecule has 122 valence electrons. The van der Waals surface area contributed by atoms with E-state index in [1.54, 1.807) is 12.4 Å². The van der Waals surface area contributed by atoms with Gasteiger partial charge in [0.15, 0.2) is 5.82 Å². The standard InChI is InChI=1S/C18H19N5O/c24-15-7-11-23(12-8-15)17-6-9-19-18(21-17)14-3-1-13(2-4-14)16-5-10-20-22-16/h1-6,9-10,15,24H,7-8,11-12H2,(H,20,22). The highest BCUT2D eigenvalue weighted by Gasteiger charge is 2.18. The summed E-state index contributed by atoms with van der Waals surface area (Å²) in [6.45, 7) is 1.66. The van der Waals surface area contributed by atoms with Crippen molar-refractivity contribution in [3.63, 3.8) is 0 Å². The molecule has 0 bridgehead atoms. The first-order valence-electron chi connectivity index (χ1n) is 8.16. The zero-order valence-electron chi connectivity index (χ0n) is 13.3. The SMILES string of the molecule is OC1CCN(c2ccnc(-c3ccc(-c4ccn[nH]4)cc3)n2)CC1. The van der Waals surface area contributed by atoms with Crippen molar-refractivity contribution in [3.05, 3.63) is 48.8 Å². The van der Waals surface area contributed by atoms with Crippen LogP contribution >= 0.6 is 0 Å². The van der Waals surface area contributed by atoms with Crippen LogP contribution in [0.4, 0.5) is 5.82 Å². The largest absolute Gasteiger partial charge is 0.393 e. The number of aromatic amines is 1. The molecule has 1 aliphatic rings. The van der Waals surface area contributed by atoms with Crippen LogP contribution in [0.15, 0.2) is 48.8 Å². The van der Waals surface area contributed by atoms with Crippen LogP contribution in [0.5, 0.6) is 0 Å². The molecule has 24 heavy (non-hydrogen) atoms. The second-order valence-electron chi connectivity index (χ2n) is 6.00. The molecule has 3 aromatic rings. The van der Waals surface area contributed by atoms with E-state index in [1.165, 1.54) is 0 Å². The van der Waals surface area contributed by atoms with Crippen LogP contribution in [0.25, 0.3) is 22.6 Å². The summed E-state index contributed by atoms with van der Waals surface area (Å²) in [6.07, 6.45) is 4.94. The van der Waals surface area contributed by atoms with Crippen molar-refractivity contribution < 1.29 is 5.11 Å². The number of nitrogens with one attached hydrogen (secondary N) is 1. The van der Waals surface area contributed by atoms with Crippen molar-refractivity contribution in [1.82, 2.24) is 20.2 Å². The molecule has 1 saturated heterocycles. The molecule has 2 N–H and O–H groups in total. The van der Waals surface area contributed by atoms with Gasteiger partial charge in [-0.1, -0.05) is 24.3 Å². The number of aliphatic hydroxyl groups excluding tert-OH is 1. The Hall–Kier alpha value is -2.73. The lowest BCUT2D eigenvalue weighted by Crippen LogP contribution is -2.36. The van der Waals surface area contributed by atoms with Gasteiger partial charge in [0.1, 0.15) is 5.82 Å². The van der Waals surface area contributed by atoms with E-state index in [1.807, 2.05) is 36.4 Å². The molecule has 0 spiro atoms. The van der Waals surface area contributed by atoms with Gasteiger partial charge in [0, 0.05) is 31.0 Å². The fourth-order valence-corrected chi connectivity index (χ4v) is 2.97. The van der Waals surface area contributed by atoms with Crippen molar-refractivity contribution in [2.24, 2.45) is 0 Å². The molecule has 6 nitrogen and oxygen atoms in total. The predicted octanol–water partition coefficient (Wildman–Crippen LogP) is 2.49. The molecule has 0 saturated carbocycles. The number of aliphatic hydroxyl groups is 1. The topological polar surface area (TPSA) is 77.9 Å². The lowest BCUT2D eigenvalue weighted by Gasteiger charge is -2.30. The van der Waals surface area contributed by atoms with Gasteiger partial charge in [-0.2, -0.15) is 5.10 Å². The van der Waals surface area contributed by atoms with Crippen LogP contribution in [0.1, 0.15) is 12.8 Å². The zero-order valence-corrected chi connectivity index (χ0v) is 13.3. The van der Waals surface area contributed by atoms with Gasteiger partial charge in [0.2, 0.25) is 0 Å². The molecular formula is C18H19N5O. The minimum Gasteiger partial charge on any atom is -0.393 e. The van der Waals surface area contributed by atoms with Crippen molar-refractivity contribution >= 4 is 5.82 Å². The number of nitrogens with zero attached hydrogens (tertiary/aromatic N) is 4. The lowest BCUT2D eigenvalue weighted by atomic mass is 10.1. The molecule has 0 radical (unpaired) electrons. The Kier molecular flexibility index (Phi) is 3.96. The van der Waals surface area contributed by atoms with Gasteiger partial charge < -0.3 is 10.0 Å². The molecule has 0 amide bonds. The first-order valence-corrected chi connectivity index (χ1v) is 8.16. The maximum atomic E-state index is 9.64. The average Bonchev–Trinajstić information content (AvgIpc) is 3.17. The Morgan fingerprint density at radius 3 is 2.42 bits per heavy atom. The molecule has 4 rings (SSSR count). The van der Waals surface area contributed by atoms with Gasteiger partial charge in [-0.05, 0) is 30.5 Å². The lowest BCUT2D eigenvalue weighted by molar-refractivity contribution is 0.145. The second-order valence-corrected chi connectivity index (χ2v) is 6.00. The Morgan fingerprint density at radius 1 is 0.958 bits per heavy atom. The third-order valence-corrected chi connectivity index (χ3v) is 4.38. The van der Waals surface area contributed by atoms with Crippen molar-refractivity contribution in [3.8, 4) is 22.6 Å². The van der Waals surface area contributed by atoms with E-state index in [0.29, 0.717) is 0 Å². The number of benzene rings is 1. The van der Waals surface area contributed by atoms with Gasteiger partial charge in [0.25, 0.3) is 0 Å². The van der Waals surface area contributed by atoms with E-state index in [4.69, 9.17) is 4.98 Å². The maximum Gasteiger partial charge on any atom is 0.161 e. The Bertz CT molecular complexity index is 793. The minimum absolute atomic E-state index is 0.183. The Labute approximate surface area is 140 Å². The van der Waals surface area contributed by atoms with Crippen LogP contribution in [0.3, 0.4) is 0 Å². The van der Waals surface area contributed by atoms with Crippen LogP contribution in [0.2, 0.25) is 0 Å². The fourth-order valence-electron chi connectivity index (χ4n) is 2.97. The predicted molar refractivity (Wildman–Crippen MR) is 92.5 cm³/mol. The normalized spacial score (nSPS) is 15.6. The molecule has 0 unspecified atom stereocenters. The molecular weight excluding hydrogens is 302 g/mol. The number of hydrogen-bond donors (Lipinski definition) is 2. The van der Waals surface area contributed by atoms with Crippen molar-refractivity contribution in [2.45, 2.75) is 18.9 Å². The van der Waals surface area contributed by atoms with Crippen molar-refractivity contribution in [1.29, 1.82) is 0 Å². The summed E-state index contributed by atoms with van der Waals surface area (Å²) < 4.78 is 0. The van der Waals surface area contributed by atoms with E-state index >= 15 is 0 Å². The van der Waals surface area contributed by atoms with Gasteiger partial charge >= 0.3 is 0 Å². The number of piperidine rings is 1. The third kappa shape index (κ3) is 3.00. The van der Waals surface area contributed by atoms with E-state index in [0.717, 1.165) is 54.4 Å². The third-order valence-electron chi connectivity index (χ3n) is 4.38. The first kappa shape index (κ1) is 14.8. The van der Waals surface area contributed by atoms with Crippen LogP contribution in [-0.4, -0.2) is 44.5 Å². The summed E-state index contributed by atoms with van der Waals surface area (Å²) in [7, 11) is 0. The smallest absolute Gasteiger partial charge is 0.161 e. The molecule has 0 atom stereocenters. The highest BCUT2D eigenvalue weighted by atomic mass is 16.3. The number of anilines is 1. The number of aromatic nitrogens is 4. The summed E-state index contributed by atoms with van der Waals surface area (Å²) in [5.74, 6) is 1.64. The van der Waals surface area contributed by atoms with Gasteiger partial charge in [-0.3, -0.25) is 5.10 Å². The van der Waals surface area contributed by atoms with Crippen LogP contribution < -0.4 is 4.90 Å². The zero-order chi connectivity index (χ0) is 16.4. The highest BCUT2D eigenvalue weighted by Crippen LogP contribution is 2.24. The number of rotatable bonds is 3. The highest BCUT2D eigenvalue weighted by molar-refractivity contribution is 5.65. The summed E-state index contributed by atoms with van der Waals surface area (Å²) in [6, 6.07) is 12.0. The summed E-state index contributed by atoms with van der Waals surface area (Å²) >= 11 is 0. The Balaban J connectivity index is 1.57. The van der Waals surface area contributed by atoms with Gasteiger partial charge in [-0.25, -0.2) is 9.97 Å². The van der Waals surface area contributed by atoms with E-state index < -0.39 is 0 Å². The molecule has 3 heterocycles. The van der Waals surface area contributed by atoms with Crippen LogP contribution in [0, 0.1) is 0 Å². The van der Waals surface area contributed by atoms with Gasteiger partial charge in [-0.15, -0.1) is 0 Å². The molecule has 1 fully saturated rings. The molecule has 0 aliphatic carbocycles. The summed E-state index contributed by atoms with van der Waals surface area (Å²) in [5.41, 5.74) is 3.05. The number of hydrogen-bond acceptors (Lipinski definition) is 5. The monoisotopic (exact) mass is 321 g/mol. The quantitative estimate of drug-likeness (QED) is 0.775. The second kappa shape index (κ2) is 6.41. The summed E-state index contributed by atoms with van der Waals surface area (Å²) in [4.78, 5) is 11.3. The first-order chi connectivity index (χ1) is 11.8. The number of H-pyrrole nitrogens is 1. The van der Waals surface area contributed by atoms with E-state index in [9.17, 15) is 5.11 Å². The fraction of sp³-hybridized carbons (Fsp3) is 0.278. The van der Waals surface area contributed by atoms with E-state index in [2.05, 4.69) is 20.1 Å². The van der Waals surface area contributed by atoms with Crippen molar-refractivity contribution in [2.75, 3.05) is 18.0 Å². The summed E-state index contributed by atoms with van der Waals surface area (Å²) in [5, 5.41) is 16.6.